The molecule has 0 unspecified atom stereocenters. The third kappa shape index (κ3) is 3.91. The minimum atomic E-state index is -0.154. The van der Waals surface area contributed by atoms with E-state index in [1.165, 1.54) is 16.9 Å². The molecule has 3 rings (SSSR count). The summed E-state index contributed by atoms with van der Waals surface area (Å²) in [6, 6.07) is 15.6. The third-order valence-electron chi connectivity index (χ3n) is 3.70. The van der Waals surface area contributed by atoms with Crippen molar-refractivity contribution >= 4 is 38.3 Å². The van der Waals surface area contributed by atoms with Gasteiger partial charge in [-0.15, -0.1) is 11.3 Å². The minimum Gasteiger partial charge on any atom is -0.298 e. The molecule has 3 nitrogen and oxygen atoms in total. The first-order valence-corrected chi connectivity index (χ1v) is 9.33. The zero-order valence-corrected chi connectivity index (χ0v) is 15.8. The monoisotopic (exact) mass is 400 g/mol. The number of benzene rings is 2. The maximum absolute atomic E-state index is 12.2. The Hall–Kier alpha value is -1.98. The van der Waals surface area contributed by atoms with Crippen LogP contribution in [0.4, 0.5) is 5.13 Å². The van der Waals surface area contributed by atoms with Crippen molar-refractivity contribution in [2.24, 2.45) is 0 Å². The molecule has 0 aliphatic carbocycles. The first-order valence-electron chi connectivity index (χ1n) is 7.65. The molecule has 0 bridgehead atoms. The van der Waals surface area contributed by atoms with Crippen LogP contribution in [-0.4, -0.2) is 10.9 Å². The molecule has 0 spiro atoms. The van der Waals surface area contributed by atoms with Gasteiger partial charge in [0, 0.05) is 21.0 Å². The van der Waals surface area contributed by atoms with Gasteiger partial charge in [0.25, 0.3) is 5.91 Å². The molecule has 3 aromatic rings. The number of carbonyl (C=O) groups excluding carboxylic acids is 1. The highest BCUT2D eigenvalue weighted by atomic mass is 79.9. The molecule has 0 aliphatic rings. The van der Waals surface area contributed by atoms with Crippen LogP contribution in [0.5, 0.6) is 0 Å². The third-order valence-corrected chi connectivity index (χ3v) is 4.99. The quantitative estimate of drug-likeness (QED) is 0.587. The number of hydrogen-bond acceptors (Lipinski definition) is 3. The van der Waals surface area contributed by atoms with Gasteiger partial charge in [0.2, 0.25) is 0 Å². The van der Waals surface area contributed by atoms with E-state index < -0.39 is 0 Å². The van der Waals surface area contributed by atoms with Crippen molar-refractivity contribution in [3.8, 4) is 11.3 Å². The molecular formula is C19H17BrN2OS. The van der Waals surface area contributed by atoms with Crippen molar-refractivity contribution in [1.82, 2.24) is 4.98 Å². The van der Waals surface area contributed by atoms with E-state index in [4.69, 9.17) is 0 Å². The van der Waals surface area contributed by atoms with Crippen LogP contribution in [0.3, 0.4) is 0 Å². The smallest absolute Gasteiger partial charge is 0.257 e. The van der Waals surface area contributed by atoms with Crippen LogP contribution in [-0.2, 0) is 0 Å². The lowest BCUT2D eigenvalue weighted by Crippen LogP contribution is -2.11. The van der Waals surface area contributed by atoms with Gasteiger partial charge in [0.05, 0.1) is 5.69 Å². The molecule has 5 heteroatoms. The van der Waals surface area contributed by atoms with Crippen LogP contribution in [0.1, 0.15) is 35.7 Å². The van der Waals surface area contributed by atoms with Crippen molar-refractivity contribution in [3.05, 3.63) is 69.5 Å². The van der Waals surface area contributed by atoms with E-state index in [-0.39, 0.29) is 5.91 Å². The Kier molecular flexibility index (Phi) is 5.11. The van der Waals surface area contributed by atoms with Gasteiger partial charge in [-0.05, 0) is 35.7 Å². The van der Waals surface area contributed by atoms with Crippen LogP contribution in [0.15, 0.2) is 58.4 Å². The number of nitrogens with zero attached hydrogens (tertiary/aromatic N) is 1. The van der Waals surface area contributed by atoms with Gasteiger partial charge in [-0.3, -0.25) is 10.1 Å². The molecule has 0 saturated heterocycles. The van der Waals surface area contributed by atoms with E-state index in [1.807, 2.05) is 17.5 Å². The molecule has 0 aliphatic heterocycles. The highest BCUT2D eigenvalue weighted by Crippen LogP contribution is 2.26. The number of halogens is 1. The van der Waals surface area contributed by atoms with E-state index in [2.05, 4.69) is 64.3 Å². The van der Waals surface area contributed by atoms with Gasteiger partial charge in [0.1, 0.15) is 0 Å². The maximum atomic E-state index is 12.2. The second-order valence-corrected chi connectivity index (χ2v) is 7.55. The van der Waals surface area contributed by atoms with E-state index in [1.54, 1.807) is 12.1 Å². The summed E-state index contributed by atoms with van der Waals surface area (Å²) < 4.78 is 0.945. The maximum Gasteiger partial charge on any atom is 0.257 e. The fraction of sp³-hybridized carbons (Fsp3) is 0.158. The number of carbonyl (C=O) groups is 1. The standard InChI is InChI=1S/C19H17BrN2OS/c1-12(2)13-3-5-14(6-4-13)17-11-24-19(21-17)22-18(23)15-7-9-16(20)10-8-15/h3-12H,1-2H3,(H,21,22,23). The lowest BCUT2D eigenvalue weighted by Gasteiger charge is -2.05. The molecule has 0 atom stereocenters. The molecule has 122 valence electrons. The number of hydrogen-bond donors (Lipinski definition) is 1. The normalized spacial score (nSPS) is 10.8. The summed E-state index contributed by atoms with van der Waals surface area (Å²) in [5, 5.41) is 5.41. The number of amides is 1. The number of nitrogens with one attached hydrogen (secondary N) is 1. The Balaban J connectivity index is 1.73. The van der Waals surface area contributed by atoms with E-state index >= 15 is 0 Å². The average molecular weight is 401 g/mol. The van der Waals surface area contributed by atoms with Crippen molar-refractivity contribution in [2.45, 2.75) is 19.8 Å². The molecule has 1 aromatic heterocycles. The van der Waals surface area contributed by atoms with Crippen molar-refractivity contribution in [2.75, 3.05) is 5.32 Å². The van der Waals surface area contributed by atoms with Crippen LogP contribution in [0.25, 0.3) is 11.3 Å². The van der Waals surface area contributed by atoms with E-state index in [0.717, 1.165) is 15.7 Å². The SMILES string of the molecule is CC(C)c1ccc(-c2csc(NC(=O)c3ccc(Br)cc3)n2)cc1. The highest BCUT2D eigenvalue weighted by molar-refractivity contribution is 9.10. The largest absolute Gasteiger partial charge is 0.298 e. The second-order valence-electron chi connectivity index (χ2n) is 5.78. The fourth-order valence-corrected chi connectivity index (χ4v) is 3.25. The molecule has 1 amide bonds. The van der Waals surface area contributed by atoms with Gasteiger partial charge in [-0.25, -0.2) is 4.98 Å². The predicted molar refractivity (Wildman–Crippen MR) is 104 cm³/mol. The lowest BCUT2D eigenvalue weighted by molar-refractivity contribution is 0.102. The molecule has 1 heterocycles. The van der Waals surface area contributed by atoms with Crippen molar-refractivity contribution in [3.63, 3.8) is 0 Å². The molecule has 1 N–H and O–H groups in total. The van der Waals surface area contributed by atoms with Crippen LogP contribution in [0.2, 0.25) is 0 Å². The summed E-state index contributed by atoms with van der Waals surface area (Å²) in [6.45, 7) is 4.35. The van der Waals surface area contributed by atoms with Crippen molar-refractivity contribution in [1.29, 1.82) is 0 Å². The lowest BCUT2D eigenvalue weighted by atomic mass is 10.0. The Bertz CT molecular complexity index is 839. The molecular weight excluding hydrogens is 384 g/mol. The average Bonchev–Trinajstić information content (AvgIpc) is 3.04. The zero-order valence-electron chi connectivity index (χ0n) is 13.4. The Morgan fingerprint density at radius 1 is 1.08 bits per heavy atom. The van der Waals surface area contributed by atoms with Gasteiger partial charge < -0.3 is 0 Å². The topological polar surface area (TPSA) is 42.0 Å². The van der Waals surface area contributed by atoms with Gasteiger partial charge in [0.15, 0.2) is 5.13 Å². The Morgan fingerprint density at radius 3 is 2.38 bits per heavy atom. The molecule has 0 radical (unpaired) electrons. The summed E-state index contributed by atoms with van der Waals surface area (Å²) >= 11 is 4.79. The first kappa shape index (κ1) is 16.9. The highest BCUT2D eigenvalue weighted by Gasteiger charge is 2.10. The molecule has 0 fully saturated rings. The molecule has 2 aromatic carbocycles. The van der Waals surface area contributed by atoms with Gasteiger partial charge >= 0.3 is 0 Å². The second kappa shape index (κ2) is 7.28. The minimum absolute atomic E-state index is 0.154. The van der Waals surface area contributed by atoms with Crippen molar-refractivity contribution < 1.29 is 4.79 Å². The summed E-state index contributed by atoms with van der Waals surface area (Å²) in [6.07, 6.45) is 0. The summed E-state index contributed by atoms with van der Waals surface area (Å²) in [7, 11) is 0. The van der Waals surface area contributed by atoms with E-state index in [0.29, 0.717) is 16.6 Å². The predicted octanol–water partition coefficient (Wildman–Crippen LogP) is 5.95. The summed E-state index contributed by atoms with van der Waals surface area (Å²) in [5.41, 5.74) is 3.84. The Morgan fingerprint density at radius 2 is 1.75 bits per heavy atom. The van der Waals surface area contributed by atoms with Crippen LogP contribution < -0.4 is 5.32 Å². The number of aromatic nitrogens is 1. The number of anilines is 1. The molecule has 24 heavy (non-hydrogen) atoms. The summed E-state index contributed by atoms with van der Waals surface area (Å²) in [5.74, 6) is 0.355. The molecule has 0 saturated carbocycles. The zero-order chi connectivity index (χ0) is 17.1. The number of rotatable bonds is 4. The summed E-state index contributed by atoms with van der Waals surface area (Å²) in [4.78, 5) is 16.7. The van der Waals surface area contributed by atoms with Crippen LogP contribution >= 0.6 is 27.3 Å². The first-order chi connectivity index (χ1) is 11.5. The van der Waals surface area contributed by atoms with Gasteiger partial charge in [-0.1, -0.05) is 54.0 Å². The van der Waals surface area contributed by atoms with Crippen LogP contribution in [0, 0.1) is 0 Å². The Labute approximate surface area is 153 Å². The van der Waals surface area contributed by atoms with Gasteiger partial charge in [-0.2, -0.15) is 0 Å². The number of thiazole rings is 1. The fourth-order valence-electron chi connectivity index (χ4n) is 2.27. The van der Waals surface area contributed by atoms with E-state index in [9.17, 15) is 4.79 Å².